The van der Waals surface area contributed by atoms with E-state index in [0.717, 1.165) is 186 Å². The number of para-hydroxylation sites is 1. The summed E-state index contributed by atoms with van der Waals surface area (Å²) in [5.74, 6) is 5.91. The van der Waals surface area contributed by atoms with Crippen LogP contribution in [-0.2, 0) is 12.8 Å². The van der Waals surface area contributed by atoms with Gasteiger partial charge in [-0.25, -0.2) is 64.2 Å². The van der Waals surface area contributed by atoms with Gasteiger partial charge in [-0.1, -0.05) is 60.7 Å². The molecule has 5 aliphatic rings. The summed E-state index contributed by atoms with van der Waals surface area (Å²) < 4.78 is 19.1. The molecule has 0 spiro atoms. The highest BCUT2D eigenvalue weighted by molar-refractivity contribution is 5.99. The Labute approximate surface area is 649 Å². The number of hydrogen-bond donors (Lipinski definition) is 9. The molecular formula is C86H73FN24O2. The fourth-order valence-electron chi connectivity index (χ4n) is 13.9. The fraction of sp³-hybridized carbons (Fsp3) is 0.140. The zero-order chi connectivity index (χ0) is 76.1. The number of hydrogen-bond acceptors (Lipinski definition) is 26. The van der Waals surface area contributed by atoms with E-state index in [1.807, 2.05) is 140 Å². The van der Waals surface area contributed by atoms with Crippen molar-refractivity contribution in [3.8, 4) is 95.3 Å². The molecule has 26 nitrogen and oxygen atoms in total. The van der Waals surface area contributed by atoms with Gasteiger partial charge in [-0.3, -0.25) is 19.9 Å². The maximum Gasteiger partial charge on any atom is 0.223 e. The fourth-order valence-corrected chi connectivity index (χ4v) is 13.9. The minimum atomic E-state index is -0.228. The summed E-state index contributed by atoms with van der Waals surface area (Å²) in [6.45, 7) is 2.47. The number of nitrogens with zero attached hydrogens (tertiary/aromatic N) is 16. The normalized spacial score (nSPS) is 13.6. The van der Waals surface area contributed by atoms with Crippen LogP contribution in [0.15, 0.2) is 257 Å². The van der Waals surface area contributed by atoms with Crippen LogP contribution in [-0.4, -0.2) is 123 Å². The topological polar surface area (TPSA) is 332 Å². The van der Waals surface area contributed by atoms with Crippen molar-refractivity contribution in [2.24, 2.45) is 0 Å². The molecule has 27 heteroatoms. The predicted molar refractivity (Wildman–Crippen MR) is 437 cm³/mol. The number of nitrogens with one attached hydrogen (secondary N) is 8. The molecule has 9 N–H and O–H groups in total. The molecule has 0 saturated heterocycles. The van der Waals surface area contributed by atoms with Gasteiger partial charge in [0, 0.05) is 160 Å². The molecular weight excluding hydrogens is 1420 g/mol. The molecule has 15 aromatic rings. The lowest BCUT2D eigenvalue weighted by Gasteiger charge is -2.26. The van der Waals surface area contributed by atoms with E-state index in [-0.39, 0.29) is 11.9 Å². The van der Waals surface area contributed by atoms with Crippen LogP contribution in [0.25, 0.3) is 89.5 Å². The molecule has 0 bridgehead atoms. The molecule has 113 heavy (non-hydrogen) atoms. The number of aromatic nitrogens is 16. The van der Waals surface area contributed by atoms with E-state index < -0.39 is 0 Å². The van der Waals surface area contributed by atoms with Gasteiger partial charge >= 0.3 is 0 Å². The molecule has 0 radical (unpaired) electrons. The van der Waals surface area contributed by atoms with E-state index in [4.69, 9.17) is 24.7 Å². The van der Waals surface area contributed by atoms with Gasteiger partial charge in [0.25, 0.3) is 0 Å². The van der Waals surface area contributed by atoms with Crippen LogP contribution in [0.4, 0.5) is 74.2 Å². The number of rotatable bonds is 15. The first-order chi connectivity index (χ1) is 55.8. The summed E-state index contributed by atoms with van der Waals surface area (Å²) in [5.41, 5.74) is 20.5. The number of fused-ring (bicyclic) bond motifs is 20. The lowest BCUT2D eigenvalue weighted by molar-refractivity contribution is 0.126. The van der Waals surface area contributed by atoms with Crippen LogP contribution in [0.2, 0.25) is 0 Å². The van der Waals surface area contributed by atoms with Crippen molar-refractivity contribution in [2.45, 2.75) is 50.7 Å². The Bertz CT molecular complexity index is 5880. The van der Waals surface area contributed by atoms with Crippen LogP contribution in [0.3, 0.4) is 0 Å². The number of ether oxygens (including phenoxy) is 1. The van der Waals surface area contributed by atoms with E-state index in [1.165, 1.54) is 17.7 Å². The van der Waals surface area contributed by atoms with Gasteiger partial charge in [-0.2, -0.15) is 0 Å². The third-order valence-corrected chi connectivity index (χ3v) is 19.4. The highest BCUT2D eigenvalue weighted by Gasteiger charge is 2.28. The standard InChI is InChI=1S/C22H17FN6.C22H18N6O.C22H18N6.C20H20N6O/c23-15-4-1-3-14(11-15)6-10-26-22-27-12-18-16-7-9-24-13-19(16)28-21-17(20(18)29-22)5-2-8-25-21;1-2-5-15(6-3-1)29-12-11-25-22-26-13-18-16-8-10-23-14-19(16)27-21-17(20(18)28-22)7-4-9-24-21;1-2-5-15(6-3-1)8-12-25-22-26-13-18-16-9-11-23-14-19(16)27-21-17(20(18)28-22)7-4-10-24-21;27-13-5-3-12(4-6-13)24-20-23-10-16-14-7-9-21-11-17(14)25-19-15(18(16)26-20)2-1-8-22-19/h1-5,7-9,11-13H,6,10H2,(H,25,28)(H,26,27,29);1-10,13-14H,11-12H2,(H,24,27)(H,25,26,28);1-7,9-11,13-14H,8,12H2,(H,24,27)(H,25,26,28);1-2,7-13,27H,3-6H2,(H,22,25)(H,23,24,26). The molecule has 0 unspecified atom stereocenters. The first-order valence-corrected chi connectivity index (χ1v) is 37.1. The molecule has 0 amide bonds. The van der Waals surface area contributed by atoms with Crippen molar-refractivity contribution in [1.82, 2.24) is 79.7 Å². The van der Waals surface area contributed by atoms with Crippen LogP contribution in [0.5, 0.6) is 5.75 Å². The number of benzene rings is 3. The molecule has 12 aromatic heterocycles. The van der Waals surface area contributed by atoms with Gasteiger partial charge in [0.15, 0.2) is 0 Å². The highest BCUT2D eigenvalue weighted by atomic mass is 19.1. The Morgan fingerprint density at radius 1 is 0.345 bits per heavy atom. The van der Waals surface area contributed by atoms with Gasteiger partial charge < -0.3 is 52.4 Å². The number of aliphatic hydroxyl groups is 1. The van der Waals surface area contributed by atoms with Crippen molar-refractivity contribution < 1.29 is 14.2 Å². The van der Waals surface area contributed by atoms with E-state index in [9.17, 15) is 9.50 Å². The number of anilines is 12. The van der Waals surface area contributed by atoms with Crippen LogP contribution in [0.1, 0.15) is 36.8 Å². The first kappa shape index (κ1) is 71.2. The lowest BCUT2D eigenvalue weighted by atomic mass is 9.93. The molecule has 3 aromatic carbocycles. The quantitative estimate of drug-likeness (QED) is 0.0431. The van der Waals surface area contributed by atoms with Crippen LogP contribution >= 0.6 is 0 Å². The van der Waals surface area contributed by atoms with E-state index in [2.05, 4.69) is 127 Å². The van der Waals surface area contributed by atoms with Crippen molar-refractivity contribution in [2.75, 3.05) is 68.8 Å². The molecule has 1 fully saturated rings. The minimum Gasteiger partial charge on any atom is -0.492 e. The largest absolute Gasteiger partial charge is 0.492 e. The molecule has 0 atom stereocenters. The number of aliphatic hydroxyl groups excluding tert-OH is 1. The zero-order valence-corrected chi connectivity index (χ0v) is 60.9. The summed E-state index contributed by atoms with van der Waals surface area (Å²) in [6, 6.07) is 50.5. The molecule has 1 saturated carbocycles. The first-order valence-electron chi connectivity index (χ1n) is 37.1. The van der Waals surface area contributed by atoms with Crippen LogP contribution < -0.4 is 47.3 Å². The summed E-state index contributed by atoms with van der Waals surface area (Å²) in [7, 11) is 0. The molecule has 556 valence electrons. The third kappa shape index (κ3) is 16.4. The van der Waals surface area contributed by atoms with Crippen LogP contribution in [0, 0.1) is 5.82 Å². The zero-order valence-electron chi connectivity index (χ0n) is 60.9. The summed E-state index contributed by atoms with van der Waals surface area (Å²) in [6.07, 6.45) is 33.5. The van der Waals surface area contributed by atoms with Gasteiger partial charge in [0.05, 0.1) is 83.0 Å². The maximum atomic E-state index is 13.3. The maximum absolute atomic E-state index is 13.3. The van der Waals surface area contributed by atoms with E-state index in [1.54, 1.807) is 80.4 Å². The molecule has 20 rings (SSSR count). The second-order valence-corrected chi connectivity index (χ2v) is 26.8. The highest BCUT2D eigenvalue weighted by Crippen LogP contribution is 2.47. The second-order valence-electron chi connectivity index (χ2n) is 26.8. The smallest absolute Gasteiger partial charge is 0.223 e. The molecule has 1 aliphatic carbocycles. The number of halogens is 1. The number of pyridine rings is 8. The Morgan fingerprint density at radius 2 is 0.717 bits per heavy atom. The van der Waals surface area contributed by atoms with E-state index in [0.29, 0.717) is 56.0 Å². The average molecular weight is 1490 g/mol. The van der Waals surface area contributed by atoms with Crippen molar-refractivity contribution in [1.29, 1.82) is 0 Å². The Morgan fingerprint density at radius 3 is 1.13 bits per heavy atom. The third-order valence-electron chi connectivity index (χ3n) is 19.4. The van der Waals surface area contributed by atoms with Gasteiger partial charge in [-0.15, -0.1) is 0 Å². The average Bonchev–Trinajstić information content (AvgIpc) is 1.70. The summed E-state index contributed by atoms with van der Waals surface area (Å²) in [4.78, 5) is 72.1. The lowest BCUT2D eigenvalue weighted by Crippen LogP contribution is -2.29. The van der Waals surface area contributed by atoms with Gasteiger partial charge in [0.1, 0.15) is 41.4 Å². The van der Waals surface area contributed by atoms with Crippen molar-refractivity contribution >= 4 is 69.8 Å². The monoisotopic (exact) mass is 1490 g/mol. The van der Waals surface area contributed by atoms with Crippen molar-refractivity contribution in [3.05, 3.63) is 274 Å². The Hall–Kier alpha value is -14.7. The van der Waals surface area contributed by atoms with Gasteiger partial charge in [0.2, 0.25) is 23.8 Å². The Balaban J connectivity index is 0.000000109. The molecule has 4 aliphatic heterocycles. The van der Waals surface area contributed by atoms with Gasteiger partial charge in [-0.05, 0) is 147 Å². The van der Waals surface area contributed by atoms with Crippen molar-refractivity contribution in [3.63, 3.8) is 0 Å². The second kappa shape index (κ2) is 33.4. The summed E-state index contributed by atoms with van der Waals surface area (Å²) >= 11 is 0. The SMILES string of the molecule is Fc1cccc(CCNc2ncc3c(n2)-c2cccnc2Nc2cnccc2-3)c1.OC1CCC(Nc2ncc3c(n2)-c2cccnc2Nc2cnccc2-3)CC1.c1ccc(CCNc2ncc3c(n2)-c2cccnc2Nc2cnccc2-3)cc1.c1ccc(OCCNc2ncc3c(n2)-c2cccnc2Nc2cnccc2-3)cc1. The minimum absolute atomic E-state index is 0.176. The van der Waals surface area contributed by atoms with E-state index >= 15 is 0 Å². The summed E-state index contributed by atoms with van der Waals surface area (Å²) in [5, 5.41) is 36.4. The molecule has 16 heterocycles. The Kier molecular flexibility index (Phi) is 21.1. The predicted octanol–water partition coefficient (Wildman–Crippen LogP) is 16.3.